The third-order valence-corrected chi connectivity index (χ3v) is 4.33. The summed E-state index contributed by atoms with van der Waals surface area (Å²) in [5.41, 5.74) is 6.60. The molecule has 0 aliphatic rings. The molecule has 0 fully saturated rings. The first-order valence-corrected chi connectivity index (χ1v) is 7.33. The van der Waals surface area contributed by atoms with E-state index < -0.39 is 16.6 Å². The van der Waals surface area contributed by atoms with E-state index in [9.17, 15) is 8.60 Å². The highest BCUT2D eigenvalue weighted by atomic mass is 35.5. The van der Waals surface area contributed by atoms with E-state index in [1.165, 1.54) is 24.3 Å². The highest BCUT2D eigenvalue weighted by molar-refractivity contribution is 7.84. The van der Waals surface area contributed by atoms with Gasteiger partial charge in [0.2, 0.25) is 0 Å². The van der Waals surface area contributed by atoms with Gasteiger partial charge in [0.15, 0.2) is 0 Å². The maximum absolute atomic E-state index is 13.7. The lowest BCUT2D eigenvalue weighted by atomic mass is 10.1. The van der Waals surface area contributed by atoms with Crippen LogP contribution in [0.25, 0.3) is 0 Å². The molecule has 0 bridgehead atoms. The fraction of sp³-hybridized carbons (Fsp3) is 0.0714. The van der Waals surface area contributed by atoms with E-state index in [4.69, 9.17) is 22.6 Å². The Kier molecular flexibility index (Phi) is 4.38. The van der Waals surface area contributed by atoms with Gasteiger partial charge >= 0.3 is 0 Å². The van der Waals surface area contributed by atoms with Crippen LogP contribution in [0.2, 0.25) is 5.02 Å². The van der Waals surface area contributed by atoms with E-state index in [1.54, 1.807) is 12.1 Å². The molecular formula is C14H10ClFN2OS. The van der Waals surface area contributed by atoms with E-state index in [2.05, 4.69) is 0 Å². The maximum Gasteiger partial charge on any atom is 0.127 e. The minimum absolute atomic E-state index is 0.0636. The molecule has 2 N–H and O–H groups in total. The minimum Gasteiger partial charge on any atom is -0.398 e. The van der Waals surface area contributed by atoms with Gasteiger partial charge < -0.3 is 5.73 Å². The average Bonchev–Trinajstić information content (AvgIpc) is 2.43. The molecule has 2 aromatic carbocycles. The van der Waals surface area contributed by atoms with E-state index in [0.717, 1.165) is 0 Å². The summed E-state index contributed by atoms with van der Waals surface area (Å²) in [6.07, 6.45) is 0. The monoisotopic (exact) mass is 308 g/mol. The smallest absolute Gasteiger partial charge is 0.127 e. The average molecular weight is 309 g/mol. The zero-order chi connectivity index (χ0) is 14.7. The Morgan fingerprint density at radius 2 is 2.05 bits per heavy atom. The number of anilines is 1. The van der Waals surface area contributed by atoms with Crippen molar-refractivity contribution in [2.75, 3.05) is 5.73 Å². The first-order chi connectivity index (χ1) is 9.51. The van der Waals surface area contributed by atoms with Crippen LogP contribution < -0.4 is 5.73 Å². The molecule has 0 aliphatic carbocycles. The Hall–Kier alpha value is -1.90. The van der Waals surface area contributed by atoms with Gasteiger partial charge in [-0.1, -0.05) is 11.6 Å². The van der Waals surface area contributed by atoms with Crippen molar-refractivity contribution in [2.45, 2.75) is 10.6 Å². The molecule has 2 aromatic rings. The van der Waals surface area contributed by atoms with Crippen molar-refractivity contribution in [2.24, 2.45) is 0 Å². The van der Waals surface area contributed by atoms with Crippen LogP contribution >= 0.6 is 11.6 Å². The van der Waals surface area contributed by atoms with Crippen LogP contribution in [0, 0.1) is 17.1 Å². The summed E-state index contributed by atoms with van der Waals surface area (Å²) in [5, 5.41) is 9.21. The topological polar surface area (TPSA) is 66.9 Å². The zero-order valence-corrected chi connectivity index (χ0v) is 11.8. The molecule has 0 saturated carbocycles. The lowest BCUT2D eigenvalue weighted by Crippen LogP contribution is -2.03. The van der Waals surface area contributed by atoms with Crippen LogP contribution in [0.3, 0.4) is 0 Å². The Morgan fingerprint density at radius 3 is 2.75 bits per heavy atom. The number of nitrogens with two attached hydrogens (primary N) is 1. The number of nitriles is 1. The number of hydrogen-bond donors (Lipinski definition) is 1. The highest BCUT2D eigenvalue weighted by Gasteiger charge is 2.13. The van der Waals surface area contributed by atoms with Gasteiger partial charge in [0, 0.05) is 16.3 Å². The SMILES string of the molecule is N#Cc1ccc(F)c(CS(=O)c2cc(Cl)ccc2N)c1. The van der Waals surface area contributed by atoms with Crippen molar-refractivity contribution in [1.29, 1.82) is 5.26 Å². The number of rotatable bonds is 3. The predicted octanol–water partition coefficient (Wildman–Crippen LogP) is 3.24. The van der Waals surface area contributed by atoms with Gasteiger partial charge in [0.05, 0.1) is 33.1 Å². The van der Waals surface area contributed by atoms with Crippen LogP contribution in [-0.4, -0.2) is 4.21 Å². The molecule has 0 saturated heterocycles. The molecule has 1 atom stereocenters. The second-order valence-electron chi connectivity index (χ2n) is 4.09. The Balaban J connectivity index is 2.33. The first kappa shape index (κ1) is 14.5. The summed E-state index contributed by atoms with van der Waals surface area (Å²) >= 11 is 5.84. The number of halogens is 2. The van der Waals surface area contributed by atoms with Crippen molar-refractivity contribution in [3.8, 4) is 6.07 Å². The van der Waals surface area contributed by atoms with E-state index in [-0.39, 0.29) is 11.3 Å². The molecular weight excluding hydrogens is 299 g/mol. The number of nitrogen functional groups attached to an aromatic ring is 1. The van der Waals surface area contributed by atoms with Crippen LogP contribution in [0.15, 0.2) is 41.3 Å². The predicted molar refractivity (Wildman–Crippen MR) is 77.1 cm³/mol. The number of hydrogen-bond acceptors (Lipinski definition) is 3. The van der Waals surface area contributed by atoms with Gasteiger partial charge in [-0.05, 0) is 36.4 Å². The third-order valence-electron chi connectivity index (χ3n) is 2.68. The van der Waals surface area contributed by atoms with Gasteiger partial charge in [-0.3, -0.25) is 4.21 Å². The van der Waals surface area contributed by atoms with Crippen molar-refractivity contribution >= 4 is 28.1 Å². The highest BCUT2D eigenvalue weighted by Crippen LogP contribution is 2.24. The van der Waals surface area contributed by atoms with E-state index in [1.807, 2.05) is 6.07 Å². The summed E-state index contributed by atoms with van der Waals surface area (Å²) in [6.45, 7) is 0. The number of benzene rings is 2. The zero-order valence-electron chi connectivity index (χ0n) is 10.3. The summed E-state index contributed by atoms with van der Waals surface area (Å²) < 4.78 is 25.9. The van der Waals surface area contributed by atoms with Gasteiger partial charge in [0.1, 0.15) is 5.82 Å². The van der Waals surface area contributed by atoms with Crippen molar-refractivity contribution < 1.29 is 8.60 Å². The molecule has 0 spiro atoms. The Bertz CT molecular complexity index is 728. The number of nitrogens with zero attached hydrogens (tertiary/aromatic N) is 1. The molecule has 0 heterocycles. The van der Waals surface area contributed by atoms with E-state index in [0.29, 0.717) is 21.2 Å². The maximum atomic E-state index is 13.7. The second-order valence-corrected chi connectivity index (χ2v) is 5.95. The van der Waals surface area contributed by atoms with Crippen LogP contribution in [0.4, 0.5) is 10.1 Å². The molecule has 0 aromatic heterocycles. The van der Waals surface area contributed by atoms with Crippen molar-refractivity contribution in [3.05, 3.63) is 58.4 Å². The Morgan fingerprint density at radius 1 is 1.30 bits per heavy atom. The quantitative estimate of drug-likeness (QED) is 0.885. The molecule has 3 nitrogen and oxygen atoms in total. The Labute approximate surface area is 123 Å². The summed E-state index contributed by atoms with van der Waals surface area (Å²) in [6, 6.07) is 10.5. The molecule has 20 heavy (non-hydrogen) atoms. The largest absolute Gasteiger partial charge is 0.398 e. The van der Waals surface area contributed by atoms with Crippen LogP contribution in [-0.2, 0) is 16.6 Å². The van der Waals surface area contributed by atoms with E-state index >= 15 is 0 Å². The normalized spacial score (nSPS) is 11.8. The van der Waals surface area contributed by atoms with Crippen LogP contribution in [0.1, 0.15) is 11.1 Å². The summed E-state index contributed by atoms with van der Waals surface area (Å²) in [4.78, 5) is 0.360. The first-order valence-electron chi connectivity index (χ1n) is 5.63. The van der Waals surface area contributed by atoms with Gasteiger partial charge in [-0.2, -0.15) is 5.26 Å². The van der Waals surface area contributed by atoms with Gasteiger partial charge in [0.25, 0.3) is 0 Å². The van der Waals surface area contributed by atoms with Gasteiger partial charge in [-0.25, -0.2) is 4.39 Å². The second kappa shape index (κ2) is 6.04. The molecule has 0 amide bonds. The summed E-state index contributed by atoms with van der Waals surface area (Å²) in [5.74, 6) is -0.565. The van der Waals surface area contributed by atoms with Crippen LogP contribution in [0.5, 0.6) is 0 Å². The lowest BCUT2D eigenvalue weighted by Gasteiger charge is -2.07. The third kappa shape index (κ3) is 3.16. The fourth-order valence-corrected chi connectivity index (χ4v) is 3.16. The molecule has 1 unspecified atom stereocenters. The molecule has 0 aliphatic heterocycles. The lowest BCUT2D eigenvalue weighted by molar-refractivity contribution is 0.615. The molecule has 102 valence electrons. The molecule has 0 radical (unpaired) electrons. The van der Waals surface area contributed by atoms with Crippen molar-refractivity contribution in [1.82, 2.24) is 0 Å². The molecule has 6 heteroatoms. The fourth-order valence-electron chi connectivity index (χ4n) is 1.68. The standard InChI is InChI=1S/C14H10ClFN2OS/c15-11-2-4-13(18)14(6-11)20(19)8-10-5-9(7-17)1-3-12(10)16/h1-6H,8,18H2. The minimum atomic E-state index is -1.54. The molecule has 2 rings (SSSR count). The van der Waals surface area contributed by atoms with Gasteiger partial charge in [-0.15, -0.1) is 0 Å². The van der Waals surface area contributed by atoms with Crippen molar-refractivity contribution in [3.63, 3.8) is 0 Å². The summed E-state index contributed by atoms with van der Waals surface area (Å²) in [7, 11) is -1.54.